The molecule has 1 fully saturated rings. The van der Waals surface area contributed by atoms with Crippen molar-refractivity contribution >= 4 is 5.69 Å². The van der Waals surface area contributed by atoms with Crippen LogP contribution in [0.4, 0.5) is 5.69 Å². The number of hydrogen-bond donors (Lipinski definition) is 1. The Hall–Kier alpha value is -1.60. The van der Waals surface area contributed by atoms with Crippen LogP contribution in [0.1, 0.15) is 19.0 Å². The van der Waals surface area contributed by atoms with Crippen molar-refractivity contribution in [1.82, 2.24) is 4.98 Å². The SMILES string of the molecule is CC1OCCC1CNc1ccc(C#N)nc1. The third-order valence-electron chi connectivity index (χ3n) is 2.98. The lowest BCUT2D eigenvalue weighted by Gasteiger charge is -2.15. The quantitative estimate of drug-likeness (QED) is 0.838. The highest BCUT2D eigenvalue weighted by molar-refractivity contribution is 5.42. The summed E-state index contributed by atoms with van der Waals surface area (Å²) in [6, 6.07) is 5.60. The van der Waals surface area contributed by atoms with E-state index in [1.165, 1.54) is 0 Å². The largest absolute Gasteiger partial charge is 0.383 e. The number of nitriles is 1. The van der Waals surface area contributed by atoms with E-state index in [4.69, 9.17) is 10.00 Å². The fourth-order valence-corrected chi connectivity index (χ4v) is 1.86. The lowest BCUT2D eigenvalue weighted by Crippen LogP contribution is -2.20. The molecule has 84 valence electrons. The average molecular weight is 217 g/mol. The van der Waals surface area contributed by atoms with Crippen LogP contribution < -0.4 is 5.32 Å². The maximum absolute atomic E-state index is 8.62. The smallest absolute Gasteiger partial charge is 0.140 e. The van der Waals surface area contributed by atoms with Crippen molar-refractivity contribution < 1.29 is 4.74 Å². The summed E-state index contributed by atoms with van der Waals surface area (Å²) in [5, 5.41) is 11.9. The van der Waals surface area contributed by atoms with Gasteiger partial charge in [-0.3, -0.25) is 0 Å². The molecule has 0 amide bonds. The van der Waals surface area contributed by atoms with E-state index in [1.807, 2.05) is 12.1 Å². The summed E-state index contributed by atoms with van der Waals surface area (Å²) in [5.41, 5.74) is 1.40. The molecule has 2 unspecified atom stereocenters. The van der Waals surface area contributed by atoms with Gasteiger partial charge in [-0.1, -0.05) is 0 Å². The fourth-order valence-electron chi connectivity index (χ4n) is 1.86. The van der Waals surface area contributed by atoms with Gasteiger partial charge in [-0.2, -0.15) is 5.26 Å². The summed E-state index contributed by atoms with van der Waals surface area (Å²) in [6.45, 7) is 3.87. The first-order chi connectivity index (χ1) is 7.79. The Kier molecular flexibility index (Phi) is 3.37. The summed E-state index contributed by atoms with van der Waals surface area (Å²) in [4.78, 5) is 4.01. The highest BCUT2D eigenvalue weighted by Gasteiger charge is 2.23. The first-order valence-electron chi connectivity index (χ1n) is 5.51. The normalized spacial score (nSPS) is 24.0. The van der Waals surface area contributed by atoms with Crippen molar-refractivity contribution in [2.24, 2.45) is 5.92 Å². The minimum atomic E-state index is 0.332. The molecule has 2 rings (SSSR count). The molecule has 0 saturated carbocycles. The minimum absolute atomic E-state index is 0.332. The maximum Gasteiger partial charge on any atom is 0.140 e. The Balaban J connectivity index is 1.87. The molecule has 1 aliphatic rings. The molecule has 4 heteroatoms. The minimum Gasteiger partial charge on any atom is -0.383 e. The van der Waals surface area contributed by atoms with Crippen LogP contribution in [-0.4, -0.2) is 24.2 Å². The molecule has 1 aromatic rings. The molecule has 0 aromatic carbocycles. The van der Waals surface area contributed by atoms with Crippen molar-refractivity contribution in [3.05, 3.63) is 24.0 Å². The number of nitrogens with zero attached hydrogens (tertiary/aromatic N) is 2. The summed E-state index contributed by atoms with van der Waals surface area (Å²) < 4.78 is 5.49. The average Bonchev–Trinajstić information content (AvgIpc) is 2.73. The van der Waals surface area contributed by atoms with Crippen LogP contribution in [0.2, 0.25) is 0 Å². The van der Waals surface area contributed by atoms with E-state index in [0.717, 1.165) is 25.3 Å². The van der Waals surface area contributed by atoms with E-state index in [-0.39, 0.29) is 0 Å². The monoisotopic (exact) mass is 217 g/mol. The van der Waals surface area contributed by atoms with Crippen LogP contribution in [0.15, 0.2) is 18.3 Å². The molecular formula is C12H15N3O. The maximum atomic E-state index is 8.62. The second-order valence-corrected chi connectivity index (χ2v) is 4.05. The molecule has 0 aliphatic carbocycles. The molecular weight excluding hydrogens is 202 g/mol. The molecule has 16 heavy (non-hydrogen) atoms. The predicted molar refractivity (Wildman–Crippen MR) is 61.0 cm³/mol. The van der Waals surface area contributed by atoms with E-state index < -0.39 is 0 Å². The number of pyridine rings is 1. The van der Waals surface area contributed by atoms with Crippen molar-refractivity contribution in [3.63, 3.8) is 0 Å². The van der Waals surface area contributed by atoms with Gasteiger partial charge in [0.2, 0.25) is 0 Å². The third-order valence-corrected chi connectivity index (χ3v) is 2.98. The first-order valence-corrected chi connectivity index (χ1v) is 5.51. The first kappa shape index (κ1) is 10.9. The van der Waals surface area contributed by atoms with Gasteiger partial charge in [0.05, 0.1) is 18.0 Å². The second kappa shape index (κ2) is 4.95. The van der Waals surface area contributed by atoms with E-state index in [2.05, 4.69) is 17.2 Å². The zero-order valence-corrected chi connectivity index (χ0v) is 9.31. The summed E-state index contributed by atoms with van der Waals surface area (Å²) in [7, 11) is 0. The molecule has 0 spiro atoms. The zero-order chi connectivity index (χ0) is 11.4. The highest BCUT2D eigenvalue weighted by atomic mass is 16.5. The molecule has 0 bridgehead atoms. The Bertz CT molecular complexity index is 382. The number of nitrogens with one attached hydrogen (secondary N) is 1. The molecule has 4 nitrogen and oxygen atoms in total. The van der Waals surface area contributed by atoms with Crippen molar-refractivity contribution in [2.45, 2.75) is 19.4 Å². The van der Waals surface area contributed by atoms with E-state index in [9.17, 15) is 0 Å². The molecule has 2 atom stereocenters. The highest BCUT2D eigenvalue weighted by Crippen LogP contribution is 2.20. The van der Waals surface area contributed by atoms with E-state index >= 15 is 0 Å². The van der Waals surface area contributed by atoms with Crippen molar-refractivity contribution in [2.75, 3.05) is 18.5 Å². The van der Waals surface area contributed by atoms with Gasteiger partial charge in [-0.15, -0.1) is 0 Å². The van der Waals surface area contributed by atoms with E-state index in [1.54, 1.807) is 12.3 Å². The second-order valence-electron chi connectivity index (χ2n) is 4.05. The third kappa shape index (κ3) is 2.50. The van der Waals surface area contributed by atoms with Crippen LogP contribution in [0.3, 0.4) is 0 Å². The number of aromatic nitrogens is 1. The summed E-state index contributed by atoms with van der Waals surface area (Å²) in [5.74, 6) is 0.565. The fraction of sp³-hybridized carbons (Fsp3) is 0.500. The molecule has 2 heterocycles. The zero-order valence-electron chi connectivity index (χ0n) is 9.31. The van der Waals surface area contributed by atoms with Crippen molar-refractivity contribution in [1.29, 1.82) is 5.26 Å². The van der Waals surface area contributed by atoms with Crippen LogP contribution >= 0.6 is 0 Å². The van der Waals surface area contributed by atoms with Gasteiger partial charge in [-0.05, 0) is 25.5 Å². The number of hydrogen-bond acceptors (Lipinski definition) is 4. The summed E-state index contributed by atoms with van der Waals surface area (Å²) >= 11 is 0. The van der Waals surface area contributed by atoms with Gasteiger partial charge >= 0.3 is 0 Å². The Morgan fingerprint density at radius 2 is 2.50 bits per heavy atom. The number of anilines is 1. The van der Waals surface area contributed by atoms with Gasteiger partial charge < -0.3 is 10.1 Å². The standard InChI is InChI=1S/C12H15N3O/c1-9-10(4-5-16-9)7-14-12-3-2-11(6-13)15-8-12/h2-3,8-10,14H,4-5,7H2,1H3. The van der Waals surface area contributed by atoms with Gasteiger partial charge in [0.25, 0.3) is 0 Å². The molecule has 1 saturated heterocycles. The molecule has 0 radical (unpaired) electrons. The molecule has 1 aromatic heterocycles. The van der Waals surface area contributed by atoms with Crippen LogP contribution in [-0.2, 0) is 4.74 Å². The number of rotatable bonds is 3. The van der Waals surface area contributed by atoms with Crippen LogP contribution in [0.5, 0.6) is 0 Å². The summed E-state index contributed by atoms with van der Waals surface area (Å²) in [6.07, 6.45) is 3.13. The van der Waals surface area contributed by atoms with Gasteiger partial charge in [-0.25, -0.2) is 4.98 Å². The Morgan fingerprint density at radius 1 is 1.62 bits per heavy atom. The lowest BCUT2D eigenvalue weighted by atomic mass is 10.0. The van der Waals surface area contributed by atoms with Gasteiger partial charge in [0.15, 0.2) is 0 Å². The lowest BCUT2D eigenvalue weighted by molar-refractivity contribution is 0.108. The van der Waals surface area contributed by atoms with Gasteiger partial charge in [0.1, 0.15) is 11.8 Å². The van der Waals surface area contributed by atoms with E-state index in [0.29, 0.717) is 17.7 Å². The topological polar surface area (TPSA) is 57.9 Å². The van der Waals surface area contributed by atoms with Crippen LogP contribution in [0, 0.1) is 17.2 Å². The molecule has 1 aliphatic heterocycles. The number of ether oxygens (including phenoxy) is 1. The van der Waals surface area contributed by atoms with Crippen LogP contribution in [0.25, 0.3) is 0 Å². The predicted octanol–water partition coefficient (Wildman–Crippen LogP) is 1.79. The Morgan fingerprint density at radius 3 is 3.06 bits per heavy atom. The molecule has 1 N–H and O–H groups in total. The van der Waals surface area contributed by atoms with Gasteiger partial charge in [0, 0.05) is 19.1 Å². The Labute approximate surface area is 95.3 Å². The van der Waals surface area contributed by atoms with Crippen molar-refractivity contribution in [3.8, 4) is 6.07 Å².